The van der Waals surface area contributed by atoms with Crippen LogP contribution in [0.25, 0.3) is 0 Å². The predicted octanol–water partition coefficient (Wildman–Crippen LogP) is 2.88. The van der Waals surface area contributed by atoms with Gasteiger partial charge in [0.05, 0.1) is 12.1 Å². The zero-order valence-corrected chi connectivity index (χ0v) is 12.2. The fourth-order valence-electron chi connectivity index (χ4n) is 2.20. The lowest BCUT2D eigenvalue weighted by Crippen LogP contribution is -2.31. The van der Waals surface area contributed by atoms with E-state index in [1.807, 2.05) is 56.0 Å². The SMILES string of the molecule is CCN(Cc1ccccc1)C(=O)Cc1c(C)noc1C. The molecule has 1 aromatic heterocycles. The molecule has 106 valence electrons. The molecule has 0 aliphatic carbocycles. The van der Waals surface area contributed by atoms with E-state index < -0.39 is 0 Å². The van der Waals surface area contributed by atoms with Crippen molar-refractivity contribution in [2.75, 3.05) is 6.54 Å². The number of likely N-dealkylation sites (N-methyl/N-ethyl adjacent to an activating group) is 1. The molecule has 0 atom stereocenters. The third-order valence-corrected chi connectivity index (χ3v) is 3.46. The second-order valence-electron chi connectivity index (χ2n) is 4.87. The molecule has 0 spiro atoms. The van der Waals surface area contributed by atoms with Crippen LogP contribution in [0.3, 0.4) is 0 Å². The smallest absolute Gasteiger partial charge is 0.227 e. The molecule has 20 heavy (non-hydrogen) atoms. The van der Waals surface area contributed by atoms with E-state index in [-0.39, 0.29) is 5.91 Å². The van der Waals surface area contributed by atoms with Gasteiger partial charge in [-0.25, -0.2) is 0 Å². The minimum atomic E-state index is 0.103. The minimum absolute atomic E-state index is 0.103. The van der Waals surface area contributed by atoms with Gasteiger partial charge in [-0.2, -0.15) is 0 Å². The van der Waals surface area contributed by atoms with Crippen LogP contribution in [0.2, 0.25) is 0 Å². The van der Waals surface area contributed by atoms with Gasteiger partial charge >= 0.3 is 0 Å². The molecule has 0 aliphatic rings. The number of aryl methyl sites for hydroxylation is 2. The zero-order valence-electron chi connectivity index (χ0n) is 12.2. The summed E-state index contributed by atoms with van der Waals surface area (Å²) >= 11 is 0. The fraction of sp³-hybridized carbons (Fsp3) is 0.375. The summed E-state index contributed by atoms with van der Waals surface area (Å²) in [7, 11) is 0. The van der Waals surface area contributed by atoms with E-state index in [4.69, 9.17) is 4.52 Å². The van der Waals surface area contributed by atoms with Crippen LogP contribution in [0.4, 0.5) is 0 Å². The Morgan fingerprint density at radius 2 is 1.95 bits per heavy atom. The summed E-state index contributed by atoms with van der Waals surface area (Å²) < 4.78 is 5.11. The maximum atomic E-state index is 12.4. The highest BCUT2D eigenvalue weighted by atomic mass is 16.5. The largest absolute Gasteiger partial charge is 0.361 e. The van der Waals surface area contributed by atoms with Gasteiger partial charge in [-0.05, 0) is 26.3 Å². The number of hydrogen-bond donors (Lipinski definition) is 0. The number of carbonyl (C=O) groups is 1. The topological polar surface area (TPSA) is 46.3 Å². The van der Waals surface area contributed by atoms with E-state index >= 15 is 0 Å². The van der Waals surface area contributed by atoms with Crippen molar-refractivity contribution >= 4 is 5.91 Å². The highest BCUT2D eigenvalue weighted by Gasteiger charge is 2.17. The molecule has 0 unspecified atom stereocenters. The molecule has 4 nitrogen and oxygen atoms in total. The molecular formula is C16H20N2O2. The maximum absolute atomic E-state index is 12.4. The fourth-order valence-corrected chi connectivity index (χ4v) is 2.20. The lowest BCUT2D eigenvalue weighted by atomic mass is 10.1. The molecule has 0 aliphatic heterocycles. The van der Waals surface area contributed by atoms with Gasteiger partial charge in [0.1, 0.15) is 5.76 Å². The standard InChI is InChI=1S/C16H20N2O2/c1-4-18(11-14-8-6-5-7-9-14)16(19)10-15-12(2)17-20-13(15)3/h5-9H,4,10-11H2,1-3H3. The first-order chi connectivity index (χ1) is 9.61. The van der Waals surface area contributed by atoms with Crippen molar-refractivity contribution in [2.45, 2.75) is 33.7 Å². The Morgan fingerprint density at radius 3 is 2.50 bits per heavy atom. The van der Waals surface area contributed by atoms with Crippen LogP contribution in [0, 0.1) is 13.8 Å². The number of nitrogens with zero attached hydrogens (tertiary/aromatic N) is 2. The maximum Gasteiger partial charge on any atom is 0.227 e. The van der Waals surface area contributed by atoms with Crippen LogP contribution in [0.5, 0.6) is 0 Å². The summed E-state index contributed by atoms with van der Waals surface area (Å²) in [5.74, 6) is 0.831. The summed E-state index contributed by atoms with van der Waals surface area (Å²) in [6.45, 7) is 7.04. The molecule has 4 heteroatoms. The highest BCUT2D eigenvalue weighted by Crippen LogP contribution is 2.15. The van der Waals surface area contributed by atoms with Gasteiger partial charge in [0.15, 0.2) is 0 Å². The summed E-state index contributed by atoms with van der Waals surface area (Å²) in [5, 5.41) is 3.89. The van der Waals surface area contributed by atoms with E-state index in [0.717, 1.165) is 22.6 Å². The average Bonchev–Trinajstić information content (AvgIpc) is 2.77. The molecule has 2 rings (SSSR count). The lowest BCUT2D eigenvalue weighted by Gasteiger charge is -2.21. The second kappa shape index (κ2) is 6.37. The Hall–Kier alpha value is -2.10. The monoisotopic (exact) mass is 272 g/mol. The van der Waals surface area contributed by atoms with Gasteiger partial charge in [-0.3, -0.25) is 4.79 Å². The van der Waals surface area contributed by atoms with Gasteiger partial charge in [0.2, 0.25) is 5.91 Å². The van der Waals surface area contributed by atoms with Gasteiger partial charge in [0.25, 0.3) is 0 Å². The number of aromatic nitrogens is 1. The van der Waals surface area contributed by atoms with Gasteiger partial charge in [-0.15, -0.1) is 0 Å². The number of hydrogen-bond acceptors (Lipinski definition) is 3. The van der Waals surface area contributed by atoms with E-state index in [1.165, 1.54) is 0 Å². The van der Waals surface area contributed by atoms with Gasteiger partial charge < -0.3 is 9.42 Å². The van der Waals surface area contributed by atoms with E-state index in [0.29, 0.717) is 19.5 Å². The lowest BCUT2D eigenvalue weighted by molar-refractivity contribution is -0.130. The molecule has 0 saturated carbocycles. The van der Waals surface area contributed by atoms with Crippen molar-refractivity contribution in [1.29, 1.82) is 0 Å². The Bertz CT molecular complexity index is 556. The van der Waals surface area contributed by atoms with Crippen molar-refractivity contribution < 1.29 is 9.32 Å². The van der Waals surface area contributed by atoms with Gasteiger partial charge in [-0.1, -0.05) is 35.5 Å². The van der Waals surface area contributed by atoms with Crippen molar-refractivity contribution in [1.82, 2.24) is 10.1 Å². The molecule has 0 fully saturated rings. The van der Waals surface area contributed by atoms with Crippen LogP contribution >= 0.6 is 0 Å². The van der Waals surface area contributed by atoms with Crippen LogP contribution in [-0.4, -0.2) is 22.5 Å². The first-order valence-corrected chi connectivity index (χ1v) is 6.85. The van der Waals surface area contributed by atoms with Crippen LogP contribution < -0.4 is 0 Å². The third-order valence-electron chi connectivity index (χ3n) is 3.46. The molecule has 2 aromatic rings. The predicted molar refractivity (Wildman–Crippen MR) is 77.2 cm³/mol. The van der Waals surface area contributed by atoms with Crippen molar-refractivity contribution in [3.8, 4) is 0 Å². The van der Waals surface area contributed by atoms with E-state index in [2.05, 4.69) is 5.16 Å². The molecule has 0 bridgehead atoms. The van der Waals surface area contributed by atoms with E-state index in [9.17, 15) is 4.79 Å². The average molecular weight is 272 g/mol. The van der Waals surface area contributed by atoms with Crippen molar-refractivity contribution in [3.05, 3.63) is 52.9 Å². The first-order valence-electron chi connectivity index (χ1n) is 6.85. The van der Waals surface area contributed by atoms with Crippen molar-refractivity contribution in [3.63, 3.8) is 0 Å². The minimum Gasteiger partial charge on any atom is -0.361 e. The number of rotatable bonds is 5. The summed E-state index contributed by atoms with van der Waals surface area (Å²) in [5.41, 5.74) is 2.84. The Labute approximate surface area is 119 Å². The molecule has 1 amide bonds. The molecule has 0 N–H and O–H groups in total. The number of benzene rings is 1. The van der Waals surface area contributed by atoms with Gasteiger partial charge in [0, 0.05) is 18.7 Å². The molecule has 1 aromatic carbocycles. The molecular weight excluding hydrogens is 252 g/mol. The van der Waals surface area contributed by atoms with E-state index in [1.54, 1.807) is 0 Å². The summed E-state index contributed by atoms with van der Waals surface area (Å²) in [4.78, 5) is 14.3. The third kappa shape index (κ3) is 3.26. The summed E-state index contributed by atoms with van der Waals surface area (Å²) in [6, 6.07) is 10.0. The quantitative estimate of drug-likeness (QED) is 0.840. The van der Waals surface area contributed by atoms with Crippen LogP contribution in [0.15, 0.2) is 34.9 Å². The first kappa shape index (κ1) is 14.3. The molecule has 1 heterocycles. The van der Waals surface area contributed by atoms with Crippen LogP contribution in [-0.2, 0) is 17.8 Å². The summed E-state index contributed by atoms with van der Waals surface area (Å²) in [6.07, 6.45) is 0.349. The Morgan fingerprint density at radius 1 is 1.25 bits per heavy atom. The molecule has 0 radical (unpaired) electrons. The normalized spacial score (nSPS) is 10.6. The highest BCUT2D eigenvalue weighted by molar-refractivity contribution is 5.79. The van der Waals surface area contributed by atoms with Crippen molar-refractivity contribution in [2.24, 2.45) is 0 Å². The zero-order chi connectivity index (χ0) is 14.5. The second-order valence-corrected chi connectivity index (χ2v) is 4.87. The Balaban J connectivity index is 2.06. The molecule has 0 saturated heterocycles. The number of amides is 1. The Kier molecular flexibility index (Phi) is 4.56. The number of carbonyl (C=O) groups excluding carboxylic acids is 1. The van der Waals surface area contributed by atoms with Crippen LogP contribution in [0.1, 0.15) is 29.5 Å².